The number of carbonyl (C=O) groups is 1. The molecule has 3 N–H and O–H groups in total. The number of unbranched alkanes of at least 4 members (excludes halogenated alkanes) is 2. The van der Waals surface area contributed by atoms with Crippen molar-refractivity contribution in [2.75, 3.05) is 0 Å². The van der Waals surface area contributed by atoms with Gasteiger partial charge in [-0.15, -0.1) is 0 Å². The van der Waals surface area contributed by atoms with Crippen LogP contribution in [0.2, 0.25) is 10.0 Å². The number of benzene rings is 1. The molecule has 0 aliphatic heterocycles. The average Bonchev–Trinajstić information content (AvgIpc) is 2.76. The molecule has 0 saturated heterocycles. The number of allylic oxidation sites excluding steroid dienone is 2. The number of hydrogen-bond donors (Lipinski definition) is 3. The Morgan fingerprint density at radius 2 is 1.64 bits per heavy atom. The van der Waals surface area contributed by atoms with Crippen molar-refractivity contribution in [1.82, 2.24) is 0 Å². The molecule has 0 amide bonds. The van der Waals surface area contributed by atoms with Gasteiger partial charge in [-0.1, -0.05) is 88.2 Å². The first-order valence-corrected chi connectivity index (χ1v) is 13.9. The van der Waals surface area contributed by atoms with Crippen LogP contribution < -0.4 is 0 Å². The van der Waals surface area contributed by atoms with Gasteiger partial charge in [-0.25, -0.2) is 0 Å². The van der Waals surface area contributed by atoms with Crippen LogP contribution in [-0.4, -0.2) is 63.1 Å². The molecular formula is C29H45Cl2NaO4. The van der Waals surface area contributed by atoms with Gasteiger partial charge < -0.3 is 15.3 Å². The van der Waals surface area contributed by atoms with E-state index in [4.69, 9.17) is 28.3 Å². The average molecular weight is 552 g/mol. The van der Waals surface area contributed by atoms with Crippen LogP contribution in [0.4, 0.5) is 0 Å². The van der Waals surface area contributed by atoms with E-state index in [9.17, 15) is 15.0 Å². The molecule has 0 bridgehead atoms. The summed E-state index contributed by atoms with van der Waals surface area (Å²) in [5.74, 6) is -1.06. The fourth-order valence-electron chi connectivity index (χ4n) is 6.06. The maximum atomic E-state index is 10.9. The first-order chi connectivity index (χ1) is 16.4. The zero-order valence-electron chi connectivity index (χ0n) is 21.9. The minimum atomic E-state index is -1.06. The Balaban J connectivity index is 0.00000648. The van der Waals surface area contributed by atoms with Gasteiger partial charge in [0.15, 0.2) is 0 Å². The molecule has 0 heterocycles. The Morgan fingerprint density at radius 3 is 2.17 bits per heavy atom. The molecule has 4 nitrogen and oxygen atoms in total. The van der Waals surface area contributed by atoms with Crippen LogP contribution in [0.3, 0.4) is 0 Å². The number of carboxylic acid groups (broad SMARTS) is 1. The molecule has 1 aromatic carbocycles. The van der Waals surface area contributed by atoms with Gasteiger partial charge in [-0.05, 0) is 79.0 Å². The minimum absolute atomic E-state index is 0. The van der Waals surface area contributed by atoms with Crippen LogP contribution in [0, 0.1) is 10.8 Å². The van der Waals surface area contributed by atoms with E-state index in [0.717, 1.165) is 18.4 Å². The Morgan fingerprint density at radius 1 is 1.03 bits per heavy atom. The van der Waals surface area contributed by atoms with Gasteiger partial charge in [0.1, 0.15) is 0 Å². The summed E-state index contributed by atoms with van der Waals surface area (Å²) in [6, 6.07) is 5.89. The number of hydrogen-bond acceptors (Lipinski definition) is 3. The Hall–Kier alpha value is -0.0700. The summed E-state index contributed by atoms with van der Waals surface area (Å²) >= 11 is 12.7. The van der Waals surface area contributed by atoms with Crippen molar-refractivity contribution < 1.29 is 20.1 Å². The van der Waals surface area contributed by atoms with Crippen molar-refractivity contribution >= 4 is 64.3 Å². The van der Waals surface area contributed by atoms with Gasteiger partial charge in [0.25, 0.3) is 0 Å². The normalized spacial score (nSPS) is 18.4. The molecule has 7 heteroatoms. The molecule has 0 radical (unpaired) electrons. The van der Waals surface area contributed by atoms with Crippen molar-refractivity contribution in [1.29, 1.82) is 0 Å². The predicted molar refractivity (Wildman–Crippen MR) is 153 cm³/mol. The topological polar surface area (TPSA) is 77.8 Å². The first kappa shape index (κ1) is 34.0. The van der Waals surface area contributed by atoms with Gasteiger partial charge in [0.05, 0.1) is 28.7 Å². The van der Waals surface area contributed by atoms with Crippen molar-refractivity contribution in [3.63, 3.8) is 0 Å². The van der Waals surface area contributed by atoms with Crippen molar-refractivity contribution in [3.05, 3.63) is 39.4 Å². The molecule has 1 aliphatic rings. The molecule has 1 aromatic rings. The summed E-state index contributed by atoms with van der Waals surface area (Å²) in [6.45, 7) is 9.14. The molecule has 0 fully saturated rings. The van der Waals surface area contributed by atoms with Crippen molar-refractivity contribution in [2.24, 2.45) is 10.8 Å². The molecule has 200 valence electrons. The van der Waals surface area contributed by atoms with E-state index in [1.807, 2.05) is 12.1 Å². The van der Waals surface area contributed by atoms with Crippen molar-refractivity contribution in [2.45, 2.75) is 117 Å². The zero-order chi connectivity index (χ0) is 26.2. The van der Waals surface area contributed by atoms with E-state index < -0.39 is 18.2 Å². The molecule has 0 saturated carbocycles. The van der Waals surface area contributed by atoms with Gasteiger partial charge in [-0.2, -0.15) is 0 Å². The number of halogens is 2. The maximum absolute atomic E-state index is 10.9. The quantitative estimate of drug-likeness (QED) is 0.208. The van der Waals surface area contributed by atoms with Gasteiger partial charge in [-0.3, -0.25) is 4.79 Å². The van der Waals surface area contributed by atoms with Crippen LogP contribution >= 0.6 is 23.2 Å². The second-order valence-corrected chi connectivity index (χ2v) is 12.0. The van der Waals surface area contributed by atoms with E-state index in [1.165, 1.54) is 49.7 Å². The van der Waals surface area contributed by atoms with E-state index in [2.05, 4.69) is 33.8 Å². The standard InChI is InChI=1S/C29H44Cl2O4.Na.H/c1-5-7-13-29(14-8-6-2)18-23(20-9-12-25(30)26(31)15-20)24(28(3,4)19-29)11-10-21(32)16-22(33)17-27(34)35;;/h9,12,15,21-22,32-33H,5-8,10-11,13-14,16-19H2,1-4H3,(H,34,35);;. The summed E-state index contributed by atoms with van der Waals surface area (Å²) in [5, 5.41) is 30.6. The number of carboxylic acids is 1. The predicted octanol–water partition coefficient (Wildman–Crippen LogP) is 7.65. The third kappa shape index (κ3) is 9.91. The summed E-state index contributed by atoms with van der Waals surface area (Å²) in [4.78, 5) is 10.9. The SMILES string of the molecule is CCCCC1(CCCC)CC(c2ccc(Cl)c(Cl)c2)=C(CCC(O)CC(O)CC(=O)O)C(C)(C)C1.[NaH]. The fraction of sp³-hybridized carbons (Fsp3) is 0.690. The van der Waals surface area contributed by atoms with Crippen LogP contribution in [0.5, 0.6) is 0 Å². The second kappa shape index (κ2) is 15.5. The molecular weight excluding hydrogens is 506 g/mol. The summed E-state index contributed by atoms with van der Waals surface area (Å²) in [7, 11) is 0. The first-order valence-electron chi connectivity index (χ1n) is 13.2. The molecule has 1 aliphatic carbocycles. The third-order valence-electron chi connectivity index (χ3n) is 7.62. The number of aliphatic hydroxyl groups excluding tert-OH is 2. The third-order valence-corrected chi connectivity index (χ3v) is 8.36. The Bertz CT molecular complexity index is 876. The molecule has 0 aromatic heterocycles. The van der Waals surface area contributed by atoms with Gasteiger partial charge >= 0.3 is 35.5 Å². The second-order valence-electron chi connectivity index (χ2n) is 11.2. The van der Waals surface area contributed by atoms with Crippen LogP contribution in [0.1, 0.15) is 110 Å². The number of rotatable bonds is 14. The van der Waals surface area contributed by atoms with E-state index in [0.29, 0.717) is 22.9 Å². The Kier molecular flexibility index (Phi) is 14.6. The number of aliphatic hydroxyl groups is 2. The summed E-state index contributed by atoms with van der Waals surface area (Å²) in [6.07, 6.45) is 8.39. The molecule has 2 unspecified atom stereocenters. The van der Waals surface area contributed by atoms with Crippen molar-refractivity contribution in [3.8, 4) is 0 Å². The van der Waals surface area contributed by atoms with Gasteiger partial charge in [0.2, 0.25) is 0 Å². The zero-order valence-corrected chi connectivity index (χ0v) is 23.4. The van der Waals surface area contributed by atoms with Crippen LogP contribution in [0.15, 0.2) is 23.8 Å². The van der Waals surface area contributed by atoms with E-state index >= 15 is 0 Å². The Labute approximate surface area is 250 Å². The van der Waals surface area contributed by atoms with Crippen LogP contribution in [-0.2, 0) is 4.79 Å². The fourth-order valence-corrected chi connectivity index (χ4v) is 6.35. The molecule has 2 rings (SSSR count). The molecule has 36 heavy (non-hydrogen) atoms. The molecule has 2 atom stereocenters. The number of aliphatic carboxylic acids is 1. The molecule has 0 spiro atoms. The van der Waals surface area contributed by atoms with E-state index in [-0.39, 0.29) is 53.2 Å². The van der Waals surface area contributed by atoms with Gasteiger partial charge in [0, 0.05) is 0 Å². The van der Waals surface area contributed by atoms with E-state index in [1.54, 1.807) is 0 Å². The monoisotopic (exact) mass is 550 g/mol. The van der Waals surface area contributed by atoms with Crippen LogP contribution in [0.25, 0.3) is 5.57 Å². The summed E-state index contributed by atoms with van der Waals surface area (Å²) < 4.78 is 0. The summed E-state index contributed by atoms with van der Waals surface area (Å²) in [5.41, 5.74) is 3.91.